The predicted molar refractivity (Wildman–Crippen MR) is 98.4 cm³/mol. The minimum absolute atomic E-state index is 0.183. The monoisotopic (exact) mass is 352 g/mol. The van der Waals surface area contributed by atoms with E-state index >= 15 is 0 Å². The van der Waals surface area contributed by atoms with Crippen LogP contribution in [0, 0.1) is 0 Å². The van der Waals surface area contributed by atoms with Gasteiger partial charge < -0.3 is 15.1 Å². The van der Waals surface area contributed by atoms with Crippen molar-refractivity contribution >= 4 is 23.3 Å². The number of aryl methyl sites for hydroxylation is 1. The van der Waals surface area contributed by atoms with Crippen molar-refractivity contribution in [3.63, 3.8) is 0 Å². The summed E-state index contributed by atoms with van der Waals surface area (Å²) in [4.78, 5) is 24.4. The van der Waals surface area contributed by atoms with Gasteiger partial charge in [-0.25, -0.2) is 0 Å². The molecular weight excluding hydrogens is 332 g/mol. The Kier molecular flexibility index (Phi) is 4.88. The van der Waals surface area contributed by atoms with E-state index in [1.54, 1.807) is 19.2 Å². The molecule has 0 aliphatic heterocycles. The lowest BCUT2D eigenvalue weighted by Crippen LogP contribution is -2.13. The van der Waals surface area contributed by atoms with Crippen LogP contribution in [-0.2, 0) is 7.05 Å². The zero-order valence-electron chi connectivity index (χ0n) is 14.8. The molecule has 0 spiro atoms. The molecule has 2 amide bonds. The van der Waals surface area contributed by atoms with Gasteiger partial charge in [-0.15, -0.1) is 0 Å². The molecule has 0 bridgehead atoms. The molecule has 0 atom stereocenters. The van der Waals surface area contributed by atoms with Gasteiger partial charge in [-0.1, -0.05) is 26.0 Å². The number of nitrogens with one attached hydrogen (secondary N) is 2. The van der Waals surface area contributed by atoms with Gasteiger partial charge in [-0.05, 0) is 35.7 Å². The van der Waals surface area contributed by atoms with Crippen LogP contribution in [-0.4, -0.2) is 21.6 Å². The summed E-state index contributed by atoms with van der Waals surface area (Å²) in [6, 6.07) is 12.4. The highest BCUT2D eigenvalue weighted by Gasteiger charge is 2.16. The van der Waals surface area contributed by atoms with E-state index in [1.165, 1.54) is 22.6 Å². The molecular formula is C19H20N4O3. The van der Waals surface area contributed by atoms with Crippen molar-refractivity contribution in [1.82, 2.24) is 9.78 Å². The van der Waals surface area contributed by atoms with Crippen LogP contribution in [0.1, 0.15) is 46.4 Å². The Bertz CT molecular complexity index is 909. The summed E-state index contributed by atoms with van der Waals surface area (Å²) in [5, 5.41) is 9.61. The number of carbonyl (C=O) groups excluding carboxylic acids is 2. The number of benzene rings is 1. The summed E-state index contributed by atoms with van der Waals surface area (Å²) in [5.41, 5.74) is 2.09. The number of rotatable bonds is 5. The molecule has 0 radical (unpaired) electrons. The highest BCUT2D eigenvalue weighted by atomic mass is 16.3. The van der Waals surface area contributed by atoms with E-state index in [9.17, 15) is 9.59 Å². The van der Waals surface area contributed by atoms with Crippen molar-refractivity contribution in [3.8, 4) is 0 Å². The average Bonchev–Trinajstić information content (AvgIpc) is 3.26. The van der Waals surface area contributed by atoms with E-state index in [0.29, 0.717) is 17.4 Å². The molecule has 0 unspecified atom stereocenters. The second-order valence-corrected chi connectivity index (χ2v) is 6.20. The van der Waals surface area contributed by atoms with Crippen molar-refractivity contribution in [2.75, 3.05) is 10.6 Å². The summed E-state index contributed by atoms with van der Waals surface area (Å²) in [7, 11) is 1.64. The summed E-state index contributed by atoms with van der Waals surface area (Å²) >= 11 is 0. The fourth-order valence-electron chi connectivity index (χ4n) is 2.43. The lowest BCUT2D eigenvalue weighted by atomic mass is 10.0. The Morgan fingerprint density at radius 3 is 2.42 bits per heavy atom. The maximum atomic E-state index is 12.4. The molecule has 2 aromatic heterocycles. The normalized spacial score (nSPS) is 10.8. The van der Waals surface area contributed by atoms with E-state index in [-0.39, 0.29) is 17.4 Å². The van der Waals surface area contributed by atoms with Gasteiger partial charge in [-0.2, -0.15) is 5.10 Å². The number of anilines is 2. The molecule has 7 heteroatoms. The first-order valence-electron chi connectivity index (χ1n) is 8.24. The Hall–Kier alpha value is -3.35. The molecule has 0 saturated heterocycles. The predicted octanol–water partition coefficient (Wildman–Crippen LogP) is 3.64. The van der Waals surface area contributed by atoms with Crippen molar-refractivity contribution in [1.29, 1.82) is 0 Å². The molecule has 0 fully saturated rings. The second-order valence-electron chi connectivity index (χ2n) is 6.20. The van der Waals surface area contributed by atoms with E-state index in [0.717, 1.165) is 0 Å². The fourth-order valence-corrected chi connectivity index (χ4v) is 2.43. The highest BCUT2D eigenvalue weighted by molar-refractivity contribution is 6.05. The van der Waals surface area contributed by atoms with E-state index in [1.807, 2.05) is 24.3 Å². The van der Waals surface area contributed by atoms with Crippen LogP contribution in [0.3, 0.4) is 0 Å². The van der Waals surface area contributed by atoms with Gasteiger partial charge in [0.2, 0.25) is 0 Å². The molecule has 7 nitrogen and oxygen atoms in total. The third-order valence-corrected chi connectivity index (χ3v) is 3.93. The van der Waals surface area contributed by atoms with Gasteiger partial charge in [0.1, 0.15) is 5.82 Å². The molecule has 26 heavy (non-hydrogen) atoms. The van der Waals surface area contributed by atoms with Crippen LogP contribution in [0.15, 0.2) is 53.1 Å². The minimum Gasteiger partial charge on any atom is -0.459 e. The van der Waals surface area contributed by atoms with Gasteiger partial charge in [0.05, 0.1) is 6.26 Å². The quantitative estimate of drug-likeness (QED) is 0.733. The first kappa shape index (κ1) is 17.5. The lowest BCUT2D eigenvalue weighted by molar-refractivity contribution is 0.0993. The molecule has 3 aromatic rings. The maximum Gasteiger partial charge on any atom is 0.292 e. The van der Waals surface area contributed by atoms with Crippen LogP contribution in [0.2, 0.25) is 0 Å². The first-order valence-corrected chi connectivity index (χ1v) is 8.24. The first-order chi connectivity index (χ1) is 12.4. The topological polar surface area (TPSA) is 89.2 Å². The molecule has 0 aliphatic carbocycles. The minimum atomic E-state index is -0.408. The number of hydrogen-bond acceptors (Lipinski definition) is 4. The summed E-state index contributed by atoms with van der Waals surface area (Å²) in [6.07, 6.45) is 1.42. The standard InChI is InChI=1S/C19H20N4O3/c1-12(2)13-6-8-14(9-7-13)20-18(24)15-11-17(23(3)22-15)21-19(25)16-5-4-10-26-16/h4-12H,1-3H3,(H,20,24)(H,21,25). The highest BCUT2D eigenvalue weighted by Crippen LogP contribution is 2.18. The molecule has 2 heterocycles. The largest absolute Gasteiger partial charge is 0.459 e. The third-order valence-electron chi connectivity index (χ3n) is 3.93. The maximum absolute atomic E-state index is 12.4. The third kappa shape index (κ3) is 3.83. The van der Waals surface area contributed by atoms with Gasteiger partial charge in [0, 0.05) is 18.8 Å². The van der Waals surface area contributed by atoms with Gasteiger partial charge in [0.25, 0.3) is 11.8 Å². The van der Waals surface area contributed by atoms with E-state index in [4.69, 9.17) is 4.42 Å². The Labute approximate surface area is 151 Å². The summed E-state index contributed by atoms with van der Waals surface area (Å²) in [5.74, 6) is 0.246. The summed E-state index contributed by atoms with van der Waals surface area (Å²) < 4.78 is 6.47. The summed E-state index contributed by atoms with van der Waals surface area (Å²) in [6.45, 7) is 4.22. The SMILES string of the molecule is CC(C)c1ccc(NC(=O)c2cc(NC(=O)c3ccco3)n(C)n2)cc1. The number of carbonyl (C=O) groups is 2. The van der Waals surface area contributed by atoms with Crippen molar-refractivity contribution < 1.29 is 14.0 Å². The number of furan rings is 1. The molecule has 134 valence electrons. The van der Waals surface area contributed by atoms with Crippen LogP contribution >= 0.6 is 0 Å². The second kappa shape index (κ2) is 7.26. The van der Waals surface area contributed by atoms with E-state index < -0.39 is 5.91 Å². The van der Waals surface area contributed by atoms with Crippen molar-refractivity contribution in [3.05, 3.63) is 65.7 Å². The van der Waals surface area contributed by atoms with Crippen molar-refractivity contribution in [2.24, 2.45) is 7.05 Å². The molecule has 0 saturated carbocycles. The van der Waals surface area contributed by atoms with Crippen molar-refractivity contribution in [2.45, 2.75) is 19.8 Å². The Morgan fingerprint density at radius 1 is 1.08 bits per heavy atom. The van der Waals surface area contributed by atoms with Crippen LogP contribution in [0.5, 0.6) is 0 Å². The molecule has 2 N–H and O–H groups in total. The van der Waals surface area contributed by atoms with Crippen LogP contribution in [0.4, 0.5) is 11.5 Å². The molecule has 0 aliphatic rings. The zero-order valence-corrected chi connectivity index (χ0v) is 14.8. The number of amides is 2. The molecule has 3 rings (SSSR count). The molecule has 1 aromatic carbocycles. The van der Waals surface area contributed by atoms with E-state index in [2.05, 4.69) is 29.6 Å². The Balaban J connectivity index is 1.69. The number of nitrogens with zero attached hydrogens (tertiary/aromatic N) is 2. The number of hydrogen-bond donors (Lipinski definition) is 2. The van der Waals surface area contributed by atoms with Gasteiger partial charge >= 0.3 is 0 Å². The van der Waals surface area contributed by atoms with Gasteiger partial charge in [0.15, 0.2) is 11.5 Å². The average molecular weight is 352 g/mol. The van der Waals surface area contributed by atoms with Crippen LogP contribution < -0.4 is 10.6 Å². The lowest BCUT2D eigenvalue weighted by Gasteiger charge is -2.07. The van der Waals surface area contributed by atoms with Gasteiger partial charge in [-0.3, -0.25) is 14.3 Å². The Morgan fingerprint density at radius 2 is 1.81 bits per heavy atom. The zero-order chi connectivity index (χ0) is 18.7. The van der Waals surface area contributed by atoms with Crippen LogP contribution in [0.25, 0.3) is 0 Å². The smallest absolute Gasteiger partial charge is 0.292 e. The fraction of sp³-hybridized carbons (Fsp3) is 0.211. The number of aromatic nitrogens is 2.